The molecule has 1 rings (SSSR count). The van der Waals surface area contributed by atoms with Gasteiger partial charge < -0.3 is 15.4 Å². The minimum Gasteiger partial charge on any atom is -0.490 e. The molecule has 1 aromatic heterocycles. The fourth-order valence-corrected chi connectivity index (χ4v) is 1.54. The third-order valence-electron chi connectivity index (χ3n) is 2.73. The predicted molar refractivity (Wildman–Crippen MR) is 76.4 cm³/mol. The van der Waals surface area contributed by atoms with Gasteiger partial charge in [0.25, 0.3) is 0 Å². The van der Waals surface area contributed by atoms with E-state index in [2.05, 4.69) is 15.6 Å². The van der Waals surface area contributed by atoms with Gasteiger partial charge in [-0.15, -0.1) is 0 Å². The maximum absolute atomic E-state index is 11.6. The molecule has 5 nitrogen and oxygen atoms in total. The zero-order chi connectivity index (χ0) is 14.1. The molecule has 2 N–H and O–H groups in total. The number of rotatable bonds is 8. The zero-order valence-electron chi connectivity index (χ0n) is 11.9. The lowest BCUT2D eigenvalue weighted by Gasteiger charge is -2.13. The van der Waals surface area contributed by atoms with E-state index in [4.69, 9.17) is 4.74 Å². The lowest BCUT2D eigenvalue weighted by Crippen LogP contribution is -2.33. The van der Waals surface area contributed by atoms with Gasteiger partial charge >= 0.3 is 0 Å². The van der Waals surface area contributed by atoms with Crippen molar-refractivity contribution in [1.29, 1.82) is 0 Å². The van der Waals surface area contributed by atoms with E-state index in [0.29, 0.717) is 31.1 Å². The number of aromatic nitrogens is 1. The van der Waals surface area contributed by atoms with E-state index in [0.717, 1.165) is 6.42 Å². The van der Waals surface area contributed by atoms with Crippen LogP contribution in [0.2, 0.25) is 0 Å². The van der Waals surface area contributed by atoms with Crippen LogP contribution in [0.4, 0.5) is 5.82 Å². The van der Waals surface area contributed by atoms with Gasteiger partial charge in [0.2, 0.25) is 5.91 Å². The van der Waals surface area contributed by atoms with Gasteiger partial charge in [-0.1, -0.05) is 6.92 Å². The molecule has 1 unspecified atom stereocenters. The van der Waals surface area contributed by atoms with Crippen molar-refractivity contribution < 1.29 is 9.53 Å². The molecule has 5 heteroatoms. The molecular weight excluding hydrogens is 242 g/mol. The normalized spacial score (nSPS) is 11.7. The Labute approximate surface area is 114 Å². The number of nitrogens with zero attached hydrogens (tertiary/aromatic N) is 1. The molecule has 1 aromatic rings. The van der Waals surface area contributed by atoms with Crippen LogP contribution in [0, 0.1) is 0 Å². The van der Waals surface area contributed by atoms with Gasteiger partial charge in [-0.2, -0.15) is 0 Å². The maximum atomic E-state index is 11.6. The fraction of sp³-hybridized carbons (Fsp3) is 0.571. The standard InChI is InChI=1S/C14H23N3O2/c1-4-11(3)17-13(18)8-10-16-14-12(19-5-2)7-6-9-15-14/h6-7,9,11H,4-5,8,10H2,1-3H3,(H,15,16)(H,17,18). The van der Waals surface area contributed by atoms with Crippen LogP contribution in [-0.2, 0) is 4.79 Å². The van der Waals surface area contributed by atoms with Gasteiger partial charge in [0.15, 0.2) is 11.6 Å². The molecule has 1 atom stereocenters. The summed E-state index contributed by atoms with van der Waals surface area (Å²) in [6.45, 7) is 7.10. The van der Waals surface area contributed by atoms with E-state index in [1.54, 1.807) is 6.20 Å². The number of pyridine rings is 1. The van der Waals surface area contributed by atoms with Crippen molar-refractivity contribution in [2.24, 2.45) is 0 Å². The fourth-order valence-electron chi connectivity index (χ4n) is 1.54. The monoisotopic (exact) mass is 265 g/mol. The molecular formula is C14H23N3O2. The lowest BCUT2D eigenvalue weighted by molar-refractivity contribution is -0.121. The van der Waals surface area contributed by atoms with Gasteiger partial charge in [0.05, 0.1) is 6.61 Å². The molecule has 0 bridgehead atoms. The second-order valence-corrected chi connectivity index (χ2v) is 4.34. The number of hydrogen-bond donors (Lipinski definition) is 2. The first-order valence-electron chi connectivity index (χ1n) is 6.78. The quantitative estimate of drug-likeness (QED) is 0.756. The SMILES string of the molecule is CCOc1cccnc1NCCC(=O)NC(C)CC. The Morgan fingerprint density at radius 3 is 2.95 bits per heavy atom. The Hall–Kier alpha value is -1.78. The third kappa shape index (κ3) is 5.59. The molecule has 1 amide bonds. The van der Waals surface area contributed by atoms with Crippen LogP contribution >= 0.6 is 0 Å². The number of anilines is 1. The van der Waals surface area contributed by atoms with Crippen molar-refractivity contribution in [1.82, 2.24) is 10.3 Å². The van der Waals surface area contributed by atoms with E-state index in [-0.39, 0.29) is 11.9 Å². The van der Waals surface area contributed by atoms with E-state index in [9.17, 15) is 4.79 Å². The number of ether oxygens (including phenoxy) is 1. The molecule has 0 aliphatic carbocycles. The minimum atomic E-state index is 0.0516. The van der Waals surface area contributed by atoms with Gasteiger partial charge in [-0.3, -0.25) is 4.79 Å². The first-order valence-corrected chi connectivity index (χ1v) is 6.78. The Morgan fingerprint density at radius 2 is 2.26 bits per heavy atom. The van der Waals surface area contributed by atoms with Crippen LogP contribution in [0.5, 0.6) is 5.75 Å². The summed E-state index contributed by atoms with van der Waals surface area (Å²) in [5, 5.41) is 6.05. The van der Waals surface area contributed by atoms with Crippen molar-refractivity contribution in [3.63, 3.8) is 0 Å². The lowest BCUT2D eigenvalue weighted by atomic mass is 10.2. The summed E-state index contributed by atoms with van der Waals surface area (Å²) in [5.41, 5.74) is 0. The molecule has 106 valence electrons. The topological polar surface area (TPSA) is 63.2 Å². The third-order valence-corrected chi connectivity index (χ3v) is 2.73. The first kappa shape index (κ1) is 15.3. The Balaban J connectivity index is 2.38. The van der Waals surface area contributed by atoms with Gasteiger partial charge in [-0.05, 0) is 32.4 Å². The smallest absolute Gasteiger partial charge is 0.221 e. The van der Waals surface area contributed by atoms with Crippen LogP contribution in [0.1, 0.15) is 33.6 Å². The summed E-state index contributed by atoms with van der Waals surface area (Å²) in [6, 6.07) is 3.91. The molecule has 0 saturated carbocycles. The van der Waals surface area contributed by atoms with Gasteiger partial charge in [0.1, 0.15) is 0 Å². The van der Waals surface area contributed by atoms with E-state index >= 15 is 0 Å². The highest BCUT2D eigenvalue weighted by molar-refractivity contribution is 5.76. The molecule has 0 aromatic carbocycles. The molecule has 1 heterocycles. The number of hydrogen-bond acceptors (Lipinski definition) is 4. The number of carbonyl (C=O) groups is 1. The Kier molecular flexibility index (Phi) is 6.71. The largest absolute Gasteiger partial charge is 0.490 e. The van der Waals surface area contributed by atoms with Crippen LogP contribution in [0.25, 0.3) is 0 Å². The van der Waals surface area contributed by atoms with Crippen LogP contribution in [0.3, 0.4) is 0 Å². The predicted octanol–water partition coefficient (Wildman–Crippen LogP) is 2.20. The zero-order valence-corrected chi connectivity index (χ0v) is 11.9. The average Bonchev–Trinajstić information content (AvgIpc) is 2.41. The van der Waals surface area contributed by atoms with Gasteiger partial charge in [-0.25, -0.2) is 4.98 Å². The van der Waals surface area contributed by atoms with Crippen LogP contribution in [0.15, 0.2) is 18.3 Å². The summed E-state index contributed by atoms with van der Waals surface area (Å²) in [4.78, 5) is 15.8. The number of nitrogens with one attached hydrogen (secondary N) is 2. The molecule has 19 heavy (non-hydrogen) atoms. The minimum absolute atomic E-state index is 0.0516. The number of amides is 1. The second kappa shape index (κ2) is 8.34. The summed E-state index contributed by atoms with van der Waals surface area (Å²) < 4.78 is 5.45. The maximum Gasteiger partial charge on any atom is 0.221 e. The summed E-state index contributed by atoms with van der Waals surface area (Å²) in [6.07, 6.45) is 3.06. The highest BCUT2D eigenvalue weighted by atomic mass is 16.5. The molecule has 0 spiro atoms. The van der Waals surface area contributed by atoms with Crippen molar-refractivity contribution >= 4 is 11.7 Å². The second-order valence-electron chi connectivity index (χ2n) is 4.34. The molecule has 0 aliphatic rings. The van der Waals surface area contributed by atoms with Crippen molar-refractivity contribution in [3.8, 4) is 5.75 Å². The molecule has 0 saturated heterocycles. The Morgan fingerprint density at radius 1 is 1.47 bits per heavy atom. The van der Waals surface area contributed by atoms with Crippen molar-refractivity contribution in [2.45, 2.75) is 39.7 Å². The van der Waals surface area contributed by atoms with Crippen molar-refractivity contribution in [2.75, 3.05) is 18.5 Å². The summed E-state index contributed by atoms with van der Waals surface area (Å²) >= 11 is 0. The van der Waals surface area contributed by atoms with E-state index in [1.165, 1.54) is 0 Å². The molecule has 0 radical (unpaired) electrons. The highest BCUT2D eigenvalue weighted by Gasteiger charge is 2.07. The average molecular weight is 265 g/mol. The number of carbonyl (C=O) groups excluding carboxylic acids is 1. The molecule has 0 fully saturated rings. The first-order chi connectivity index (χ1) is 9.17. The van der Waals surface area contributed by atoms with E-state index in [1.807, 2.05) is 32.9 Å². The molecule has 0 aliphatic heterocycles. The summed E-state index contributed by atoms with van der Waals surface area (Å²) in [5.74, 6) is 1.45. The Bertz CT molecular complexity index is 396. The van der Waals surface area contributed by atoms with Crippen LogP contribution in [-0.4, -0.2) is 30.1 Å². The van der Waals surface area contributed by atoms with E-state index < -0.39 is 0 Å². The van der Waals surface area contributed by atoms with Crippen molar-refractivity contribution in [3.05, 3.63) is 18.3 Å². The summed E-state index contributed by atoms with van der Waals surface area (Å²) in [7, 11) is 0. The van der Waals surface area contributed by atoms with Crippen LogP contribution < -0.4 is 15.4 Å². The van der Waals surface area contributed by atoms with Gasteiger partial charge in [0, 0.05) is 25.2 Å². The highest BCUT2D eigenvalue weighted by Crippen LogP contribution is 2.20.